The number of hydrogen-bond acceptors (Lipinski definition) is 4. The molecule has 2 heterocycles. The van der Waals surface area contributed by atoms with Crippen LogP contribution in [0.5, 0.6) is 5.75 Å². The highest BCUT2D eigenvalue weighted by Crippen LogP contribution is 2.70. The Morgan fingerprint density at radius 3 is 2.72 bits per heavy atom. The van der Waals surface area contributed by atoms with E-state index in [1.54, 1.807) is 7.11 Å². The molecule has 4 aliphatic rings. The normalized spacial score (nSPS) is 38.8. The second kappa shape index (κ2) is 7.25. The van der Waals surface area contributed by atoms with Crippen LogP contribution in [-0.2, 0) is 11.3 Å². The third-order valence-electron chi connectivity index (χ3n) is 8.91. The summed E-state index contributed by atoms with van der Waals surface area (Å²) in [6.07, 6.45) is 7.20. The number of likely N-dealkylation sites (tertiary alicyclic amines) is 1. The zero-order chi connectivity index (χ0) is 20.2. The fraction of sp³-hybridized carbons (Fsp3) is 0.760. The third-order valence-corrected chi connectivity index (χ3v) is 8.91. The fourth-order valence-electron chi connectivity index (χ4n) is 7.21. The molecule has 4 nitrogen and oxygen atoms in total. The number of methoxy groups -OCH3 is 1. The zero-order valence-corrected chi connectivity index (χ0v) is 18.3. The van der Waals surface area contributed by atoms with Crippen LogP contribution in [0, 0.1) is 22.7 Å². The van der Waals surface area contributed by atoms with Gasteiger partial charge in [-0.2, -0.15) is 0 Å². The molecule has 160 valence electrons. The van der Waals surface area contributed by atoms with E-state index < -0.39 is 0 Å². The van der Waals surface area contributed by atoms with Crippen molar-refractivity contribution in [3.8, 4) is 5.75 Å². The lowest BCUT2D eigenvalue weighted by Crippen LogP contribution is -2.51. The van der Waals surface area contributed by atoms with Gasteiger partial charge < -0.3 is 14.6 Å². The topological polar surface area (TPSA) is 41.9 Å². The largest absolute Gasteiger partial charge is 0.496 e. The molecule has 2 saturated heterocycles. The van der Waals surface area contributed by atoms with Crippen molar-refractivity contribution in [2.75, 3.05) is 26.8 Å². The van der Waals surface area contributed by atoms with Crippen LogP contribution in [0.3, 0.4) is 0 Å². The Morgan fingerprint density at radius 2 is 2.00 bits per heavy atom. The van der Waals surface area contributed by atoms with Gasteiger partial charge in [0.05, 0.1) is 19.3 Å². The molecule has 2 aliphatic carbocycles. The summed E-state index contributed by atoms with van der Waals surface area (Å²) >= 11 is 0. The molecule has 5 rings (SSSR count). The summed E-state index contributed by atoms with van der Waals surface area (Å²) in [6.45, 7) is 8.61. The number of aliphatic hydroxyl groups is 1. The fourth-order valence-corrected chi connectivity index (χ4v) is 7.21. The van der Waals surface area contributed by atoms with Crippen molar-refractivity contribution in [1.82, 2.24) is 4.90 Å². The number of ether oxygens (including phenoxy) is 2. The molecule has 0 aromatic heterocycles. The number of benzene rings is 1. The van der Waals surface area contributed by atoms with Gasteiger partial charge in [-0.3, -0.25) is 4.90 Å². The molecule has 2 saturated carbocycles. The molecule has 29 heavy (non-hydrogen) atoms. The van der Waals surface area contributed by atoms with Crippen LogP contribution < -0.4 is 4.74 Å². The van der Waals surface area contributed by atoms with Crippen LogP contribution >= 0.6 is 0 Å². The summed E-state index contributed by atoms with van der Waals surface area (Å²) in [5, 5.41) is 11.3. The van der Waals surface area contributed by atoms with Gasteiger partial charge in [0.25, 0.3) is 0 Å². The smallest absolute Gasteiger partial charge is 0.123 e. The molecule has 1 N–H and O–H groups in total. The van der Waals surface area contributed by atoms with Gasteiger partial charge in [0.1, 0.15) is 5.75 Å². The van der Waals surface area contributed by atoms with Crippen LogP contribution in [0.1, 0.15) is 69.6 Å². The maximum Gasteiger partial charge on any atom is 0.123 e. The first-order valence-electron chi connectivity index (χ1n) is 11.6. The van der Waals surface area contributed by atoms with Gasteiger partial charge in [-0.1, -0.05) is 26.3 Å². The molecular formula is C25H37NO3. The maximum absolute atomic E-state index is 11.3. The molecule has 1 spiro atoms. The van der Waals surface area contributed by atoms with E-state index in [4.69, 9.17) is 9.47 Å². The highest BCUT2D eigenvalue weighted by Gasteiger charge is 2.68. The van der Waals surface area contributed by atoms with Gasteiger partial charge in [0.15, 0.2) is 0 Å². The first-order valence-corrected chi connectivity index (χ1v) is 11.6. The predicted octanol–water partition coefficient (Wildman–Crippen LogP) is 4.56. The quantitative estimate of drug-likeness (QED) is 0.806. The van der Waals surface area contributed by atoms with E-state index >= 15 is 0 Å². The van der Waals surface area contributed by atoms with Crippen molar-refractivity contribution >= 4 is 0 Å². The highest BCUT2D eigenvalue weighted by atomic mass is 16.5. The molecule has 0 unspecified atom stereocenters. The van der Waals surface area contributed by atoms with Crippen LogP contribution in [0.4, 0.5) is 0 Å². The van der Waals surface area contributed by atoms with E-state index in [0.29, 0.717) is 11.8 Å². The minimum absolute atomic E-state index is 0.0394. The summed E-state index contributed by atoms with van der Waals surface area (Å²) in [7, 11) is 1.77. The molecule has 4 heteroatoms. The van der Waals surface area contributed by atoms with E-state index in [9.17, 15) is 5.11 Å². The Bertz CT molecular complexity index is 756. The van der Waals surface area contributed by atoms with Gasteiger partial charge in [-0.15, -0.1) is 0 Å². The number of aliphatic hydroxyl groups excluding tert-OH is 1. The molecular weight excluding hydrogens is 362 g/mol. The Hall–Kier alpha value is -1.10. The van der Waals surface area contributed by atoms with Crippen molar-refractivity contribution in [2.24, 2.45) is 22.7 Å². The van der Waals surface area contributed by atoms with Crippen LogP contribution in [-0.4, -0.2) is 42.9 Å². The maximum atomic E-state index is 11.3. The lowest BCUT2D eigenvalue weighted by Gasteiger charge is -2.51. The Morgan fingerprint density at radius 1 is 1.21 bits per heavy atom. The van der Waals surface area contributed by atoms with E-state index in [2.05, 4.69) is 36.9 Å². The molecule has 0 radical (unpaired) electrons. The SMILES string of the molecule is COc1ccc([C@H]2OCC[C@@]34C[C@@H](C[C@H]23)C(C)(C)[C@H]4O)cc1CN1CCCCC1. The second-order valence-corrected chi connectivity index (χ2v) is 10.6. The van der Waals surface area contributed by atoms with Crippen LogP contribution in [0.15, 0.2) is 18.2 Å². The average molecular weight is 400 g/mol. The summed E-state index contributed by atoms with van der Waals surface area (Å²) in [4.78, 5) is 2.55. The molecule has 0 amide bonds. The number of nitrogens with zero attached hydrogens (tertiary/aromatic N) is 1. The predicted molar refractivity (Wildman–Crippen MR) is 114 cm³/mol. The van der Waals surface area contributed by atoms with E-state index in [0.717, 1.165) is 25.3 Å². The van der Waals surface area contributed by atoms with Crippen molar-refractivity contribution in [2.45, 2.75) is 71.1 Å². The Balaban J connectivity index is 1.43. The number of fused-ring (bicyclic) bond motifs is 1. The number of rotatable bonds is 4. The van der Waals surface area contributed by atoms with E-state index in [-0.39, 0.29) is 23.0 Å². The van der Waals surface area contributed by atoms with E-state index in [1.807, 2.05) is 0 Å². The summed E-state index contributed by atoms with van der Waals surface area (Å²) in [5.74, 6) is 2.03. The third kappa shape index (κ3) is 3.05. The standard InChI is InChI=1S/C25H37NO3/c1-24(2)19-14-20-22(29-12-9-25(20,15-19)23(24)27)17-7-8-21(28-3)18(13-17)16-26-10-5-4-6-11-26/h7-8,13,19-20,22-23,27H,4-6,9-12,14-16H2,1-3H3/t19-,20-,22-,23-,25-/m1/s1. The van der Waals surface area contributed by atoms with Gasteiger partial charge >= 0.3 is 0 Å². The van der Waals surface area contributed by atoms with Crippen LogP contribution in [0.2, 0.25) is 0 Å². The van der Waals surface area contributed by atoms with Gasteiger partial charge in [0.2, 0.25) is 0 Å². The second-order valence-electron chi connectivity index (χ2n) is 10.6. The molecule has 2 bridgehead atoms. The van der Waals surface area contributed by atoms with Crippen molar-refractivity contribution in [3.05, 3.63) is 29.3 Å². The van der Waals surface area contributed by atoms with E-state index in [1.165, 1.54) is 56.3 Å². The minimum atomic E-state index is -0.212. The Kier molecular flexibility index (Phi) is 4.96. The van der Waals surface area contributed by atoms with Gasteiger partial charge in [-0.05, 0) is 80.1 Å². The zero-order valence-electron chi connectivity index (χ0n) is 18.3. The van der Waals surface area contributed by atoms with Crippen LogP contribution in [0.25, 0.3) is 0 Å². The van der Waals surface area contributed by atoms with Gasteiger partial charge in [0, 0.05) is 24.1 Å². The minimum Gasteiger partial charge on any atom is -0.496 e. The summed E-state index contributed by atoms with van der Waals surface area (Å²) in [5.41, 5.74) is 2.64. The number of hydrogen-bond donors (Lipinski definition) is 1. The van der Waals surface area contributed by atoms with Crippen molar-refractivity contribution in [3.63, 3.8) is 0 Å². The molecule has 1 aromatic rings. The van der Waals surface area contributed by atoms with Gasteiger partial charge in [-0.25, -0.2) is 0 Å². The van der Waals surface area contributed by atoms with Crippen molar-refractivity contribution < 1.29 is 14.6 Å². The Labute approximate surface area is 175 Å². The van der Waals surface area contributed by atoms with Crippen molar-refractivity contribution in [1.29, 1.82) is 0 Å². The molecule has 2 aliphatic heterocycles. The molecule has 5 atom stereocenters. The first-order chi connectivity index (χ1) is 14.0. The summed E-state index contributed by atoms with van der Waals surface area (Å²) < 4.78 is 12.1. The lowest BCUT2D eigenvalue weighted by atomic mass is 9.60. The molecule has 1 aromatic carbocycles. The molecule has 4 fully saturated rings. The highest BCUT2D eigenvalue weighted by molar-refractivity contribution is 5.39. The number of piperidine rings is 1. The summed E-state index contributed by atoms with van der Waals surface area (Å²) in [6, 6.07) is 6.67. The first kappa shape index (κ1) is 19.8. The monoisotopic (exact) mass is 399 g/mol. The lowest BCUT2D eigenvalue weighted by molar-refractivity contribution is -0.164. The average Bonchev–Trinajstić information content (AvgIpc) is 3.22.